The lowest BCUT2D eigenvalue weighted by Gasteiger charge is -2.19. The number of hydrogen-bond donors (Lipinski definition) is 1. The van der Waals surface area contributed by atoms with Gasteiger partial charge in [0.05, 0.1) is 16.8 Å². The summed E-state index contributed by atoms with van der Waals surface area (Å²) in [7, 11) is 3.30. The van der Waals surface area contributed by atoms with Crippen LogP contribution in [0.15, 0.2) is 42.6 Å². The van der Waals surface area contributed by atoms with Crippen LogP contribution in [0.5, 0.6) is 5.75 Å². The van der Waals surface area contributed by atoms with Gasteiger partial charge in [-0.15, -0.1) is 0 Å². The second-order valence-corrected chi connectivity index (χ2v) is 9.01. The predicted molar refractivity (Wildman–Crippen MR) is 122 cm³/mol. The van der Waals surface area contributed by atoms with Crippen molar-refractivity contribution in [3.8, 4) is 5.75 Å². The van der Waals surface area contributed by atoms with Crippen molar-refractivity contribution in [3.05, 3.63) is 58.2 Å². The van der Waals surface area contributed by atoms with Gasteiger partial charge >= 0.3 is 6.09 Å². The molecular weight excluding hydrogens is 441 g/mol. The lowest BCUT2D eigenvalue weighted by molar-refractivity contribution is 0.0544. The molecule has 3 aromatic rings. The number of nitrogens with one attached hydrogen (secondary N) is 1. The van der Waals surface area contributed by atoms with E-state index < -0.39 is 11.7 Å². The maximum absolute atomic E-state index is 12.8. The lowest BCUT2D eigenvalue weighted by atomic mass is 10.1. The molecule has 0 saturated carbocycles. The molecule has 1 N–H and O–H groups in total. The number of benzene rings is 2. The highest BCUT2D eigenvalue weighted by Crippen LogP contribution is 2.29. The molecule has 0 bridgehead atoms. The zero-order chi connectivity index (χ0) is 22.9. The second kappa shape index (κ2) is 8.69. The Kier molecular flexibility index (Phi) is 6.38. The zero-order valence-corrected chi connectivity index (χ0v) is 19.3. The van der Waals surface area contributed by atoms with E-state index in [0.717, 1.165) is 0 Å². The summed E-state index contributed by atoms with van der Waals surface area (Å²) in [6, 6.07) is 9.97. The van der Waals surface area contributed by atoms with Crippen molar-refractivity contribution in [2.24, 2.45) is 0 Å². The number of halogens is 2. The minimum absolute atomic E-state index is 0.229. The SMILES string of the molecule is CN(C)C(=O)c1cn(C(=O)OC(C)(C)C)c2cc(ONc3cc(Cl)cc(Cl)c3)ccc12. The van der Waals surface area contributed by atoms with E-state index in [9.17, 15) is 9.59 Å². The van der Waals surface area contributed by atoms with Crippen molar-refractivity contribution in [3.63, 3.8) is 0 Å². The monoisotopic (exact) mass is 463 g/mol. The minimum Gasteiger partial charge on any atom is -0.443 e. The molecule has 1 aromatic heterocycles. The molecule has 0 aliphatic carbocycles. The molecule has 0 spiro atoms. The Hall–Kier alpha value is -2.90. The van der Waals surface area contributed by atoms with Gasteiger partial charge in [0.15, 0.2) is 5.75 Å². The second-order valence-electron chi connectivity index (χ2n) is 8.13. The first-order chi connectivity index (χ1) is 14.4. The van der Waals surface area contributed by atoms with Crippen molar-refractivity contribution in [2.75, 3.05) is 19.6 Å². The van der Waals surface area contributed by atoms with Gasteiger partial charge in [0, 0.05) is 41.8 Å². The van der Waals surface area contributed by atoms with Gasteiger partial charge in [-0.1, -0.05) is 23.2 Å². The molecule has 0 aliphatic rings. The van der Waals surface area contributed by atoms with E-state index in [-0.39, 0.29) is 5.91 Å². The summed E-state index contributed by atoms with van der Waals surface area (Å²) >= 11 is 12.0. The van der Waals surface area contributed by atoms with Crippen LogP contribution in [0.4, 0.5) is 10.5 Å². The largest absolute Gasteiger partial charge is 0.443 e. The quantitative estimate of drug-likeness (QED) is 0.492. The number of carbonyl (C=O) groups is 2. The Labute approximate surface area is 190 Å². The molecule has 0 aliphatic heterocycles. The summed E-state index contributed by atoms with van der Waals surface area (Å²) in [6.07, 6.45) is 0.886. The number of nitrogens with zero attached hydrogens (tertiary/aromatic N) is 2. The summed E-state index contributed by atoms with van der Waals surface area (Å²) < 4.78 is 6.80. The summed E-state index contributed by atoms with van der Waals surface area (Å²) in [4.78, 5) is 32.5. The van der Waals surface area contributed by atoms with Crippen molar-refractivity contribution in [1.29, 1.82) is 0 Å². The molecule has 0 saturated heterocycles. The Morgan fingerprint density at radius 3 is 2.26 bits per heavy atom. The first kappa shape index (κ1) is 22.8. The maximum Gasteiger partial charge on any atom is 0.419 e. The number of ether oxygens (including phenoxy) is 1. The molecular formula is C22H23Cl2N3O4. The van der Waals surface area contributed by atoms with Gasteiger partial charge in [0.2, 0.25) is 0 Å². The number of amides is 1. The van der Waals surface area contributed by atoms with Crippen LogP contribution in [0.1, 0.15) is 31.1 Å². The molecule has 2 aromatic carbocycles. The van der Waals surface area contributed by atoms with Crippen LogP contribution in [0.2, 0.25) is 10.0 Å². The average Bonchev–Trinajstić information content (AvgIpc) is 3.02. The molecule has 7 nitrogen and oxygen atoms in total. The van der Waals surface area contributed by atoms with E-state index in [1.807, 2.05) is 0 Å². The molecule has 1 heterocycles. The fraction of sp³-hybridized carbons (Fsp3) is 0.273. The summed E-state index contributed by atoms with van der Waals surface area (Å²) in [6.45, 7) is 5.32. The lowest BCUT2D eigenvalue weighted by Crippen LogP contribution is -2.27. The molecule has 164 valence electrons. The smallest absolute Gasteiger partial charge is 0.419 e. The number of anilines is 1. The normalized spacial score (nSPS) is 11.3. The fourth-order valence-electron chi connectivity index (χ4n) is 2.87. The summed E-state index contributed by atoms with van der Waals surface area (Å²) in [5.74, 6) is 0.183. The Bertz CT molecular complexity index is 1130. The minimum atomic E-state index is -0.694. The third kappa shape index (κ3) is 5.42. The first-order valence-corrected chi connectivity index (χ1v) is 10.2. The highest BCUT2D eigenvalue weighted by Gasteiger charge is 2.24. The van der Waals surface area contributed by atoms with Crippen LogP contribution < -0.4 is 10.3 Å². The zero-order valence-electron chi connectivity index (χ0n) is 17.8. The number of fused-ring (bicyclic) bond motifs is 1. The van der Waals surface area contributed by atoms with Crippen molar-refractivity contribution in [1.82, 2.24) is 9.47 Å². The Morgan fingerprint density at radius 1 is 1.03 bits per heavy atom. The van der Waals surface area contributed by atoms with Gasteiger partial charge in [-0.3, -0.25) is 9.36 Å². The number of aromatic nitrogens is 1. The highest BCUT2D eigenvalue weighted by molar-refractivity contribution is 6.35. The topological polar surface area (TPSA) is 72.8 Å². The molecule has 3 rings (SSSR count). The van der Waals surface area contributed by atoms with Crippen LogP contribution in [-0.4, -0.2) is 41.2 Å². The molecule has 0 atom stereocenters. The number of rotatable bonds is 4. The van der Waals surface area contributed by atoms with Crippen molar-refractivity contribution < 1.29 is 19.2 Å². The van der Waals surface area contributed by atoms with Crippen LogP contribution in [-0.2, 0) is 4.74 Å². The van der Waals surface area contributed by atoms with Crippen molar-refractivity contribution in [2.45, 2.75) is 26.4 Å². The Balaban J connectivity index is 1.99. The predicted octanol–water partition coefficient (Wildman–Crippen LogP) is 5.84. The maximum atomic E-state index is 12.8. The average molecular weight is 464 g/mol. The van der Waals surface area contributed by atoms with Crippen LogP contribution >= 0.6 is 23.2 Å². The number of carbonyl (C=O) groups excluding carboxylic acids is 2. The van der Waals surface area contributed by atoms with Crippen LogP contribution in [0, 0.1) is 0 Å². The van der Waals surface area contributed by atoms with Gasteiger partial charge in [0.1, 0.15) is 5.60 Å². The summed E-state index contributed by atoms with van der Waals surface area (Å²) in [5, 5.41) is 1.52. The molecule has 9 heteroatoms. The third-order valence-corrected chi connectivity index (χ3v) is 4.59. The molecule has 0 fully saturated rings. The molecule has 0 radical (unpaired) electrons. The third-order valence-electron chi connectivity index (χ3n) is 4.15. The standard InChI is InChI=1S/C22H23Cl2N3O4/c1-22(2,3)30-21(29)27-12-18(20(28)26(4)5)17-7-6-16(11-19(17)27)31-25-15-9-13(23)8-14(24)10-15/h6-12,25H,1-5H3. The van der Waals surface area contributed by atoms with Gasteiger partial charge in [-0.25, -0.2) is 10.3 Å². The fourth-order valence-corrected chi connectivity index (χ4v) is 3.40. The first-order valence-electron chi connectivity index (χ1n) is 9.43. The van der Waals surface area contributed by atoms with E-state index in [1.165, 1.54) is 15.7 Å². The van der Waals surface area contributed by atoms with E-state index in [2.05, 4.69) is 5.48 Å². The Morgan fingerprint density at radius 2 is 1.68 bits per heavy atom. The van der Waals surface area contributed by atoms with Crippen molar-refractivity contribution >= 4 is 51.8 Å². The van der Waals surface area contributed by atoms with Crippen LogP contribution in [0.3, 0.4) is 0 Å². The van der Waals surface area contributed by atoms with Crippen LogP contribution in [0.25, 0.3) is 10.9 Å². The van der Waals surface area contributed by atoms with E-state index in [0.29, 0.717) is 37.9 Å². The molecule has 31 heavy (non-hydrogen) atoms. The van der Waals surface area contributed by atoms with Gasteiger partial charge < -0.3 is 14.5 Å². The highest BCUT2D eigenvalue weighted by atomic mass is 35.5. The summed E-state index contributed by atoms with van der Waals surface area (Å²) in [5.41, 5.74) is 3.49. The molecule has 1 amide bonds. The van der Waals surface area contributed by atoms with Gasteiger partial charge in [-0.2, -0.15) is 0 Å². The number of hydrogen-bond acceptors (Lipinski definition) is 5. The van der Waals surface area contributed by atoms with E-state index in [4.69, 9.17) is 32.8 Å². The molecule has 0 unspecified atom stereocenters. The van der Waals surface area contributed by atoms with Gasteiger partial charge in [0.25, 0.3) is 5.91 Å². The van der Waals surface area contributed by atoms with E-state index >= 15 is 0 Å². The van der Waals surface area contributed by atoms with E-state index in [1.54, 1.807) is 71.3 Å². The van der Waals surface area contributed by atoms with Gasteiger partial charge in [-0.05, 0) is 51.1 Å².